The molecule has 0 saturated heterocycles. The van der Waals surface area contributed by atoms with Crippen molar-refractivity contribution in [1.29, 1.82) is 0 Å². The van der Waals surface area contributed by atoms with Crippen molar-refractivity contribution in [3.05, 3.63) is 0 Å². The normalized spacial score (nSPS) is 24.8. The SMILES string of the molecule is CCC(C(=O)O)C1CCCC(=O)C1=O. The first kappa shape index (κ1) is 10.9. The molecule has 1 aliphatic rings. The maximum absolute atomic E-state index is 11.4. The average molecular weight is 198 g/mol. The molecule has 4 heteroatoms. The number of hydrogen-bond donors (Lipinski definition) is 1. The number of aliphatic carboxylic acids is 1. The molecule has 0 spiro atoms. The second kappa shape index (κ2) is 4.35. The first-order chi connectivity index (χ1) is 6.57. The fourth-order valence-electron chi connectivity index (χ4n) is 1.96. The van der Waals surface area contributed by atoms with E-state index >= 15 is 0 Å². The highest BCUT2D eigenvalue weighted by molar-refractivity contribution is 6.38. The van der Waals surface area contributed by atoms with Gasteiger partial charge in [0.1, 0.15) is 0 Å². The molecule has 0 amide bonds. The largest absolute Gasteiger partial charge is 0.481 e. The monoisotopic (exact) mass is 198 g/mol. The van der Waals surface area contributed by atoms with Crippen molar-refractivity contribution in [2.45, 2.75) is 32.6 Å². The van der Waals surface area contributed by atoms with Gasteiger partial charge in [-0.25, -0.2) is 0 Å². The number of rotatable bonds is 3. The molecule has 1 saturated carbocycles. The van der Waals surface area contributed by atoms with Crippen molar-refractivity contribution in [2.75, 3.05) is 0 Å². The molecule has 0 aromatic carbocycles. The molecule has 14 heavy (non-hydrogen) atoms. The van der Waals surface area contributed by atoms with Crippen LogP contribution in [0.15, 0.2) is 0 Å². The van der Waals surface area contributed by atoms with Gasteiger partial charge in [-0.1, -0.05) is 6.92 Å². The van der Waals surface area contributed by atoms with Gasteiger partial charge in [0.2, 0.25) is 5.78 Å². The molecule has 1 rings (SSSR count). The summed E-state index contributed by atoms with van der Waals surface area (Å²) in [6.07, 6.45) is 1.86. The van der Waals surface area contributed by atoms with Gasteiger partial charge in [-0.15, -0.1) is 0 Å². The van der Waals surface area contributed by atoms with E-state index in [-0.39, 0.29) is 6.42 Å². The van der Waals surface area contributed by atoms with E-state index in [1.54, 1.807) is 6.92 Å². The highest BCUT2D eigenvalue weighted by Gasteiger charge is 2.37. The van der Waals surface area contributed by atoms with Crippen molar-refractivity contribution in [2.24, 2.45) is 11.8 Å². The van der Waals surface area contributed by atoms with Crippen LogP contribution >= 0.6 is 0 Å². The van der Waals surface area contributed by atoms with E-state index in [1.165, 1.54) is 0 Å². The minimum atomic E-state index is -0.972. The molecule has 4 nitrogen and oxygen atoms in total. The predicted octanol–water partition coefficient (Wildman–Crippen LogP) is 1.04. The topological polar surface area (TPSA) is 71.4 Å². The lowest BCUT2D eigenvalue weighted by Crippen LogP contribution is -2.36. The van der Waals surface area contributed by atoms with E-state index in [2.05, 4.69) is 0 Å². The molecule has 2 atom stereocenters. The van der Waals surface area contributed by atoms with Crippen molar-refractivity contribution < 1.29 is 19.5 Å². The van der Waals surface area contributed by atoms with E-state index in [4.69, 9.17) is 5.11 Å². The Balaban J connectivity index is 2.79. The Morgan fingerprint density at radius 1 is 1.57 bits per heavy atom. The van der Waals surface area contributed by atoms with Gasteiger partial charge in [-0.2, -0.15) is 0 Å². The van der Waals surface area contributed by atoms with E-state index in [9.17, 15) is 14.4 Å². The summed E-state index contributed by atoms with van der Waals surface area (Å²) in [6, 6.07) is 0. The maximum atomic E-state index is 11.4. The number of carbonyl (C=O) groups excluding carboxylic acids is 2. The van der Waals surface area contributed by atoms with E-state index in [0.29, 0.717) is 19.3 Å². The van der Waals surface area contributed by atoms with E-state index in [1.807, 2.05) is 0 Å². The minimum Gasteiger partial charge on any atom is -0.481 e. The van der Waals surface area contributed by atoms with E-state index in [0.717, 1.165) is 0 Å². The fraction of sp³-hybridized carbons (Fsp3) is 0.700. The molecule has 1 fully saturated rings. The maximum Gasteiger partial charge on any atom is 0.307 e. The standard InChI is InChI=1S/C10H14O4/c1-2-6(10(13)14)7-4-3-5-8(11)9(7)12/h6-7H,2-5H2,1H3,(H,13,14). The Labute approximate surface area is 82.3 Å². The minimum absolute atomic E-state index is 0.283. The lowest BCUT2D eigenvalue weighted by molar-refractivity contribution is -0.150. The summed E-state index contributed by atoms with van der Waals surface area (Å²) in [4.78, 5) is 33.3. The molecule has 0 heterocycles. The molecule has 78 valence electrons. The van der Waals surface area contributed by atoms with Gasteiger partial charge in [0, 0.05) is 12.3 Å². The second-order valence-electron chi connectivity index (χ2n) is 3.64. The van der Waals surface area contributed by atoms with Crippen LogP contribution in [-0.2, 0) is 14.4 Å². The van der Waals surface area contributed by atoms with Crippen LogP contribution in [-0.4, -0.2) is 22.6 Å². The molecule has 0 aliphatic heterocycles. The smallest absolute Gasteiger partial charge is 0.307 e. The molecular weight excluding hydrogens is 184 g/mol. The Hall–Kier alpha value is -1.19. The fourth-order valence-corrected chi connectivity index (χ4v) is 1.96. The molecule has 0 aromatic heterocycles. The van der Waals surface area contributed by atoms with Gasteiger partial charge in [0.15, 0.2) is 5.78 Å². The van der Waals surface area contributed by atoms with Gasteiger partial charge in [0.05, 0.1) is 5.92 Å². The zero-order chi connectivity index (χ0) is 10.7. The third-order valence-corrected chi connectivity index (χ3v) is 2.77. The third kappa shape index (κ3) is 2.00. The predicted molar refractivity (Wildman–Crippen MR) is 48.8 cm³/mol. The van der Waals surface area contributed by atoms with Crippen molar-refractivity contribution in [3.63, 3.8) is 0 Å². The number of carboxylic acid groups (broad SMARTS) is 1. The van der Waals surface area contributed by atoms with Crippen molar-refractivity contribution >= 4 is 17.5 Å². The quantitative estimate of drug-likeness (QED) is 0.687. The third-order valence-electron chi connectivity index (χ3n) is 2.77. The molecule has 2 unspecified atom stereocenters. The van der Waals surface area contributed by atoms with Gasteiger partial charge < -0.3 is 5.11 Å². The molecular formula is C10H14O4. The Morgan fingerprint density at radius 2 is 2.21 bits per heavy atom. The zero-order valence-electron chi connectivity index (χ0n) is 8.16. The van der Waals surface area contributed by atoms with Crippen LogP contribution in [0.5, 0.6) is 0 Å². The van der Waals surface area contributed by atoms with Gasteiger partial charge in [-0.3, -0.25) is 14.4 Å². The molecule has 1 aliphatic carbocycles. The van der Waals surface area contributed by atoms with Crippen molar-refractivity contribution in [3.8, 4) is 0 Å². The number of ketones is 2. The summed E-state index contributed by atoms with van der Waals surface area (Å²) in [5.74, 6) is -3.13. The summed E-state index contributed by atoms with van der Waals surface area (Å²) in [6.45, 7) is 1.73. The van der Waals surface area contributed by atoms with Crippen LogP contribution in [0.1, 0.15) is 32.6 Å². The highest BCUT2D eigenvalue weighted by atomic mass is 16.4. The zero-order valence-corrected chi connectivity index (χ0v) is 8.16. The molecule has 0 bridgehead atoms. The Kier molecular flexibility index (Phi) is 3.38. The first-order valence-electron chi connectivity index (χ1n) is 4.87. The summed E-state index contributed by atoms with van der Waals surface area (Å²) >= 11 is 0. The summed E-state index contributed by atoms with van der Waals surface area (Å²) in [5.41, 5.74) is 0. The number of Topliss-reactive ketones (excluding diaryl/α,β-unsaturated/α-hetero) is 2. The highest BCUT2D eigenvalue weighted by Crippen LogP contribution is 2.27. The summed E-state index contributed by atoms with van der Waals surface area (Å²) < 4.78 is 0. The number of carbonyl (C=O) groups is 3. The van der Waals surface area contributed by atoms with Gasteiger partial charge in [-0.05, 0) is 19.3 Å². The van der Waals surface area contributed by atoms with Gasteiger partial charge >= 0.3 is 5.97 Å². The van der Waals surface area contributed by atoms with E-state index < -0.39 is 29.4 Å². The van der Waals surface area contributed by atoms with Crippen LogP contribution in [0.4, 0.5) is 0 Å². The van der Waals surface area contributed by atoms with Crippen LogP contribution in [0.2, 0.25) is 0 Å². The lowest BCUT2D eigenvalue weighted by atomic mass is 9.77. The van der Waals surface area contributed by atoms with Crippen LogP contribution < -0.4 is 0 Å². The average Bonchev–Trinajstić information content (AvgIpc) is 2.13. The van der Waals surface area contributed by atoms with Crippen LogP contribution in [0, 0.1) is 11.8 Å². The molecule has 0 radical (unpaired) electrons. The number of hydrogen-bond acceptors (Lipinski definition) is 3. The molecule has 0 aromatic rings. The summed E-state index contributed by atoms with van der Waals surface area (Å²) in [5, 5.41) is 8.87. The Bertz CT molecular complexity index is 269. The van der Waals surface area contributed by atoms with Gasteiger partial charge in [0.25, 0.3) is 0 Å². The van der Waals surface area contributed by atoms with Crippen molar-refractivity contribution in [1.82, 2.24) is 0 Å². The van der Waals surface area contributed by atoms with Crippen LogP contribution in [0.3, 0.4) is 0 Å². The molecule has 1 N–H and O–H groups in total. The van der Waals surface area contributed by atoms with Crippen LogP contribution in [0.25, 0.3) is 0 Å². The number of carboxylic acids is 1. The second-order valence-corrected chi connectivity index (χ2v) is 3.64. The summed E-state index contributed by atoms with van der Waals surface area (Å²) in [7, 11) is 0. The Morgan fingerprint density at radius 3 is 2.71 bits per heavy atom. The lowest BCUT2D eigenvalue weighted by Gasteiger charge is -2.24. The first-order valence-corrected chi connectivity index (χ1v) is 4.87.